The topological polar surface area (TPSA) is 84.7 Å². The number of rotatable bonds is 5. The molecule has 1 aliphatic rings. The molecule has 3 N–H and O–H groups in total. The summed E-state index contributed by atoms with van der Waals surface area (Å²) in [4.78, 5) is 0. The summed E-state index contributed by atoms with van der Waals surface area (Å²) in [6.07, 6.45) is 1.61. The summed E-state index contributed by atoms with van der Waals surface area (Å²) < 4.78 is 34.7. The minimum atomic E-state index is -3.53. The van der Waals surface area contributed by atoms with Crippen molar-refractivity contribution >= 4 is 31.8 Å². The Hall–Kier alpha value is -0.830. The molecule has 0 aromatic heterocycles. The van der Waals surface area contributed by atoms with E-state index in [1.54, 1.807) is 18.2 Å². The Morgan fingerprint density at radius 1 is 1.43 bits per heavy atom. The lowest BCUT2D eigenvalue weighted by Crippen LogP contribution is -2.42. The fourth-order valence-corrected chi connectivity index (χ4v) is 3.98. The molecule has 1 heterocycles. The zero-order valence-corrected chi connectivity index (χ0v) is 14.3. The molecule has 1 aromatic rings. The second-order valence-electron chi connectivity index (χ2n) is 5.03. The summed E-state index contributed by atoms with van der Waals surface area (Å²) in [7, 11) is -2.00. The molecule has 0 aliphatic carbocycles. The van der Waals surface area contributed by atoms with E-state index in [-0.39, 0.29) is 0 Å². The van der Waals surface area contributed by atoms with E-state index in [1.807, 2.05) is 0 Å². The van der Waals surface area contributed by atoms with Gasteiger partial charge in [-0.2, -0.15) is 12.7 Å². The first-order valence-electron chi connectivity index (χ1n) is 6.77. The van der Waals surface area contributed by atoms with Crippen LogP contribution in [0.1, 0.15) is 12.8 Å². The van der Waals surface area contributed by atoms with E-state index in [9.17, 15) is 8.42 Å². The van der Waals surface area contributed by atoms with Crippen LogP contribution in [-0.4, -0.2) is 39.5 Å². The highest BCUT2D eigenvalue weighted by Crippen LogP contribution is 2.29. The van der Waals surface area contributed by atoms with Crippen LogP contribution in [0, 0.1) is 5.92 Å². The molecule has 1 aliphatic heterocycles. The van der Waals surface area contributed by atoms with Crippen LogP contribution in [-0.2, 0) is 10.2 Å². The van der Waals surface area contributed by atoms with Crippen molar-refractivity contribution in [1.82, 2.24) is 4.31 Å². The molecule has 1 aromatic carbocycles. The van der Waals surface area contributed by atoms with Gasteiger partial charge in [-0.1, -0.05) is 0 Å². The zero-order chi connectivity index (χ0) is 15.5. The van der Waals surface area contributed by atoms with Crippen LogP contribution in [0.5, 0.6) is 5.75 Å². The Kier molecular flexibility index (Phi) is 5.48. The van der Waals surface area contributed by atoms with E-state index in [4.69, 9.17) is 10.5 Å². The number of anilines is 1. The number of nitrogens with zero attached hydrogens (tertiary/aromatic N) is 1. The third-order valence-electron chi connectivity index (χ3n) is 3.64. The summed E-state index contributed by atoms with van der Waals surface area (Å²) in [5, 5.41) is 0. The van der Waals surface area contributed by atoms with E-state index in [0.29, 0.717) is 37.0 Å². The van der Waals surface area contributed by atoms with Gasteiger partial charge in [0.2, 0.25) is 0 Å². The molecular weight excluding hydrogens is 358 g/mol. The largest absolute Gasteiger partial charge is 0.495 e. The molecule has 0 bridgehead atoms. The fourth-order valence-electron chi connectivity index (χ4n) is 2.32. The van der Waals surface area contributed by atoms with Crippen molar-refractivity contribution in [2.24, 2.45) is 11.7 Å². The van der Waals surface area contributed by atoms with Gasteiger partial charge in [0.1, 0.15) is 5.75 Å². The van der Waals surface area contributed by atoms with Gasteiger partial charge in [0.25, 0.3) is 0 Å². The summed E-state index contributed by atoms with van der Waals surface area (Å²) in [5.74, 6) is 1.00. The number of benzene rings is 1. The van der Waals surface area contributed by atoms with Crippen molar-refractivity contribution in [3.05, 3.63) is 22.7 Å². The Morgan fingerprint density at radius 3 is 2.67 bits per heavy atom. The lowest BCUT2D eigenvalue weighted by Gasteiger charge is -2.30. The maximum Gasteiger partial charge on any atom is 0.301 e. The molecule has 0 radical (unpaired) electrons. The molecular formula is C13H20BrN3O3S. The van der Waals surface area contributed by atoms with E-state index < -0.39 is 10.2 Å². The Morgan fingerprint density at radius 2 is 2.10 bits per heavy atom. The van der Waals surface area contributed by atoms with Gasteiger partial charge in [-0.15, -0.1) is 0 Å². The van der Waals surface area contributed by atoms with E-state index in [2.05, 4.69) is 20.7 Å². The average Bonchev–Trinajstić information content (AvgIpc) is 2.49. The van der Waals surface area contributed by atoms with Crippen LogP contribution >= 0.6 is 15.9 Å². The van der Waals surface area contributed by atoms with Crippen molar-refractivity contribution in [2.45, 2.75) is 12.8 Å². The molecule has 0 spiro atoms. The summed E-state index contributed by atoms with van der Waals surface area (Å²) in [5.41, 5.74) is 6.11. The SMILES string of the molecule is COc1cc(NS(=O)(=O)N2CCC(CN)CC2)ccc1Br. The summed E-state index contributed by atoms with van der Waals surface area (Å²) in [6.45, 7) is 1.63. The third kappa shape index (κ3) is 4.09. The van der Waals surface area contributed by atoms with Gasteiger partial charge in [0.05, 0.1) is 17.3 Å². The Balaban J connectivity index is 2.07. The number of piperidine rings is 1. The molecule has 118 valence electrons. The number of nitrogens with two attached hydrogens (primary N) is 1. The molecule has 6 nitrogen and oxygen atoms in total. The molecule has 1 saturated heterocycles. The van der Waals surface area contributed by atoms with Gasteiger partial charge in [0, 0.05) is 19.2 Å². The van der Waals surface area contributed by atoms with Crippen LogP contribution in [0.25, 0.3) is 0 Å². The number of hydrogen-bond donors (Lipinski definition) is 2. The number of methoxy groups -OCH3 is 1. The van der Waals surface area contributed by atoms with Gasteiger partial charge < -0.3 is 10.5 Å². The van der Waals surface area contributed by atoms with Gasteiger partial charge in [-0.3, -0.25) is 4.72 Å². The minimum absolute atomic E-state index is 0.421. The second kappa shape index (κ2) is 6.95. The van der Waals surface area contributed by atoms with E-state index in [0.717, 1.165) is 17.3 Å². The Labute approximate surface area is 134 Å². The smallest absolute Gasteiger partial charge is 0.301 e. The van der Waals surface area contributed by atoms with E-state index in [1.165, 1.54) is 11.4 Å². The summed E-state index contributed by atoms with van der Waals surface area (Å²) >= 11 is 3.34. The van der Waals surface area contributed by atoms with Crippen LogP contribution in [0.3, 0.4) is 0 Å². The van der Waals surface area contributed by atoms with Crippen molar-refractivity contribution in [3.8, 4) is 5.75 Å². The predicted molar refractivity (Wildman–Crippen MR) is 86.6 cm³/mol. The first-order valence-corrected chi connectivity index (χ1v) is 9.01. The van der Waals surface area contributed by atoms with Crippen molar-refractivity contribution < 1.29 is 13.2 Å². The normalized spacial score (nSPS) is 17.7. The molecule has 0 saturated carbocycles. The quantitative estimate of drug-likeness (QED) is 0.818. The highest BCUT2D eigenvalue weighted by atomic mass is 79.9. The van der Waals surface area contributed by atoms with Crippen LogP contribution in [0.15, 0.2) is 22.7 Å². The maximum atomic E-state index is 12.4. The Bertz CT molecular complexity index is 586. The lowest BCUT2D eigenvalue weighted by atomic mass is 9.99. The third-order valence-corrected chi connectivity index (χ3v) is 5.84. The highest BCUT2D eigenvalue weighted by Gasteiger charge is 2.27. The van der Waals surface area contributed by atoms with Crippen LogP contribution < -0.4 is 15.2 Å². The molecule has 0 atom stereocenters. The van der Waals surface area contributed by atoms with Gasteiger partial charge in [0.15, 0.2) is 0 Å². The fraction of sp³-hybridized carbons (Fsp3) is 0.538. The molecule has 8 heteroatoms. The molecule has 0 unspecified atom stereocenters. The monoisotopic (exact) mass is 377 g/mol. The molecule has 21 heavy (non-hydrogen) atoms. The lowest BCUT2D eigenvalue weighted by molar-refractivity contribution is 0.280. The van der Waals surface area contributed by atoms with Crippen LogP contribution in [0.2, 0.25) is 0 Å². The number of hydrogen-bond acceptors (Lipinski definition) is 4. The standard InChI is InChI=1S/C13H20BrN3O3S/c1-20-13-8-11(2-3-12(13)14)16-21(18,19)17-6-4-10(9-15)5-7-17/h2-3,8,10,16H,4-7,9,15H2,1H3. The van der Waals surface area contributed by atoms with Gasteiger partial charge in [-0.25, -0.2) is 0 Å². The van der Waals surface area contributed by atoms with Gasteiger partial charge in [-0.05, 0) is 53.4 Å². The molecule has 1 fully saturated rings. The molecule has 0 amide bonds. The van der Waals surface area contributed by atoms with Gasteiger partial charge >= 0.3 is 10.2 Å². The summed E-state index contributed by atoms with van der Waals surface area (Å²) in [6, 6.07) is 5.09. The van der Waals surface area contributed by atoms with Crippen molar-refractivity contribution in [1.29, 1.82) is 0 Å². The number of ether oxygens (including phenoxy) is 1. The van der Waals surface area contributed by atoms with Crippen molar-refractivity contribution in [3.63, 3.8) is 0 Å². The van der Waals surface area contributed by atoms with Crippen molar-refractivity contribution in [2.75, 3.05) is 31.5 Å². The maximum absolute atomic E-state index is 12.4. The molecule has 2 rings (SSSR count). The number of nitrogens with one attached hydrogen (secondary N) is 1. The zero-order valence-electron chi connectivity index (χ0n) is 11.9. The number of halogens is 1. The predicted octanol–water partition coefficient (Wildman–Crippen LogP) is 1.79. The minimum Gasteiger partial charge on any atom is -0.495 e. The average molecular weight is 378 g/mol. The first kappa shape index (κ1) is 16.5. The van der Waals surface area contributed by atoms with Crippen LogP contribution in [0.4, 0.5) is 5.69 Å². The van der Waals surface area contributed by atoms with E-state index >= 15 is 0 Å². The first-order chi connectivity index (χ1) is 9.96. The highest BCUT2D eigenvalue weighted by molar-refractivity contribution is 9.10. The second-order valence-corrected chi connectivity index (χ2v) is 7.56.